The van der Waals surface area contributed by atoms with E-state index >= 15 is 0 Å². The van der Waals surface area contributed by atoms with Crippen molar-refractivity contribution in [3.05, 3.63) is 42.1 Å². The number of fused-ring (bicyclic) bond motifs is 1. The minimum Gasteiger partial charge on any atom is -0.313 e. The molecular weight excluding hydrogens is 224 g/mol. The van der Waals surface area contributed by atoms with Gasteiger partial charge in [0.2, 0.25) is 0 Å². The Morgan fingerprint density at radius 3 is 3.00 bits per heavy atom. The van der Waals surface area contributed by atoms with Gasteiger partial charge in [-0.3, -0.25) is 9.78 Å². The zero-order valence-corrected chi connectivity index (χ0v) is 10.4. The largest absolute Gasteiger partial charge is 0.313 e. The highest BCUT2D eigenvalue weighted by atomic mass is 16.1. The Morgan fingerprint density at radius 2 is 2.22 bits per heavy atom. The fourth-order valence-electron chi connectivity index (χ4n) is 2.73. The van der Waals surface area contributed by atoms with Crippen molar-refractivity contribution in [2.75, 3.05) is 6.54 Å². The molecular formula is C15H16N2O. The first-order valence-corrected chi connectivity index (χ1v) is 6.39. The summed E-state index contributed by atoms with van der Waals surface area (Å²) in [7, 11) is 0. The van der Waals surface area contributed by atoms with Gasteiger partial charge in [0.05, 0.1) is 5.52 Å². The summed E-state index contributed by atoms with van der Waals surface area (Å²) in [6, 6.07) is 9.90. The van der Waals surface area contributed by atoms with Gasteiger partial charge in [-0.15, -0.1) is 0 Å². The van der Waals surface area contributed by atoms with Crippen LogP contribution in [0, 0.1) is 5.92 Å². The second-order valence-corrected chi connectivity index (χ2v) is 4.88. The molecule has 2 atom stereocenters. The molecule has 1 N–H and O–H groups in total. The molecule has 1 aliphatic heterocycles. The van der Waals surface area contributed by atoms with Crippen molar-refractivity contribution in [1.29, 1.82) is 0 Å². The van der Waals surface area contributed by atoms with Crippen molar-refractivity contribution in [2.24, 2.45) is 5.92 Å². The van der Waals surface area contributed by atoms with E-state index in [0.717, 1.165) is 29.4 Å². The van der Waals surface area contributed by atoms with Crippen molar-refractivity contribution in [1.82, 2.24) is 10.3 Å². The van der Waals surface area contributed by atoms with Gasteiger partial charge in [0.25, 0.3) is 0 Å². The molecule has 3 heteroatoms. The summed E-state index contributed by atoms with van der Waals surface area (Å²) in [5.41, 5.74) is 1.70. The normalized spacial score (nSPS) is 23.4. The van der Waals surface area contributed by atoms with Crippen LogP contribution < -0.4 is 5.32 Å². The van der Waals surface area contributed by atoms with Gasteiger partial charge < -0.3 is 5.32 Å². The molecule has 1 fully saturated rings. The Hall–Kier alpha value is -1.74. The van der Waals surface area contributed by atoms with E-state index in [-0.39, 0.29) is 17.7 Å². The molecule has 1 aliphatic rings. The van der Waals surface area contributed by atoms with Crippen LogP contribution >= 0.6 is 0 Å². The summed E-state index contributed by atoms with van der Waals surface area (Å²) < 4.78 is 0. The van der Waals surface area contributed by atoms with Gasteiger partial charge in [0.15, 0.2) is 5.78 Å². The highest BCUT2D eigenvalue weighted by Crippen LogP contribution is 2.25. The number of rotatable bonds is 2. The average molecular weight is 240 g/mol. The Bertz CT molecular complexity index is 589. The molecule has 2 aromatic rings. The summed E-state index contributed by atoms with van der Waals surface area (Å²) in [6.07, 6.45) is 2.69. The van der Waals surface area contributed by atoms with Gasteiger partial charge in [0, 0.05) is 29.1 Å². The van der Waals surface area contributed by atoms with Crippen LogP contribution in [0.3, 0.4) is 0 Å². The average Bonchev–Trinajstić information content (AvgIpc) is 2.83. The fourth-order valence-corrected chi connectivity index (χ4v) is 2.73. The van der Waals surface area contributed by atoms with Gasteiger partial charge in [-0.25, -0.2) is 0 Å². The zero-order chi connectivity index (χ0) is 12.5. The Labute approximate surface area is 106 Å². The third-order valence-electron chi connectivity index (χ3n) is 3.77. The molecule has 0 amide bonds. The lowest BCUT2D eigenvalue weighted by atomic mass is 9.90. The van der Waals surface area contributed by atoms with E-state index in [2.05, 4.69) is 17.2 Å². The lowest BCUT2D eigenvalue weighted by molar-refractivity contribution is 0.0916. The molecule has 0 radical (unpaired) electrons. The Morgan fingerprint density at radius 1 is 1.33 bits per heavy atom. The van der Waals surface area contributed by atoms with Crippen LogP contribution in [0.25, 0.3) is 10.9 Å². The van der Waals surface area contributed by atoms with Crippen molar-refractivity contribution in [3.63, 3.8) is 0 Å². The number of benzene rings is 1. The molecule has 3 nitrogen and oxygen atoms in total. The smallest absolute Gasteiger partial charge is 0.168 e. The molecule has 0 bridgehead atoms. The second kappa shape index (κ2) is 4.50. The molecule has 92 valence electrons. The van der Waals surface area contributed by atoms with E-state index in [1.54, 1.807) is 6.20 Å². The monoisotopic (exact) mass is 240 g/mol. The van der Waals surface area contributed by atoms with E-state index in [1.807, 2.05) is 30.3 Å². The highest BCUT2D eigenvalue weighted by molar-refractivity contribution is 6.08. The lowest BCUT2D eigenvalue weighted by Crippen LogP contribution is -2.28. The van der Waals surface area contributed by atoms with Crippen LogP contribution in [-0.2, 0) is 0 Å². The number of hydrogen-bond donors (Lipinski definition) is 1. The highest BCUT2D eigenvalue weighted by Gasteiger charge is 2.30. The maximum Gasteiger partial charge on any atom is 0.168 e. The number of pyridine rings is 1. The summed E-state index contributed by atoms with van der Waals surface area (Å²) in [6.45, 7) is 3.01. The van der Waals surface area contributed by atoms with Crippen LogP contribution in [-0.4, -0.2) is 23.4 Å². The molecule has 0 saturated carbocycles. The number of nitrogens with one attached hydrogen (secondary N) is 1. The third kappa shape index (κ3) is 1.81. The van der Waals surface area contributed by atoms with Crippen molar-refractivity contribution >= 4 is 16.7 Å². The van der Waals surface area contributed by atoms with Crippen LogP contribution in [0.5, 0.6) is 0 Å². The Kier molecular flexibility index (Phi) is 2.84. The van der Waals surface area contributed by atoms with E-state index in [4.69, 9.17) is 0 Å². The number of carbonyl (C=O) groups excluding carboxylic acids is 1. The topological polar surface area (TPSA) is 42.0 Å². The van der Waals surface area contributed by atoms with E-state index in [0.29, 0.717) is 0 Å². The molecule has 0 aliphatic carbocycles. The van der Waals surface area contributed by atoms with E-state index < -0.39 is 0 Å². The maximum atomic E-state index is 12.6. The van der Waals surface area contributed by atoms with Gasteiger partial charge in [-0.1, -0.05) is 18.2 Å². The molecule has 0 spiro atoms. The molecule has 1 aromatic heterocycles. The van der Waals surface area contributed by atoms with Crippen molar-refractivity contribution in [3.8, 4) is 0 Å². The summed E-state index contributed by atoms with van der Waals surface area (Å²) in [5.74, 6) is 0.335. The molecule has 2 unspecified atom stereocenters. The summed E-state index contributed by atoms with van der Waals surface area (Å²) in [5, 5.41) is 4.29. The number of carbonyl (C=O) groups is 1. The number of nitrogens with zero attached hydrogens (tertiary/aromatic N) is 1. The molecule has 18 heavy (non-hydrogen) atoms. The van der Waals surface area contributed by atoms with Crippen molar-refractivity contribution < 1.29 is 4.79 Å². The Balaban J connectivity index is 2.06. The van der Waals surface area contributed by atoms with E-state index in [1.165, 1.54) is 0 Å². The predicted molar refractivity (Wildman–Crippen MR) is 71.6 cm³/mol. The second-order valence-electron chi connectivity index (χ2n) is 4.88. The molecule has 2 heterocycles. The minimum absolute atomic E-state index is 0.0933. The number of ketones is 1. The fraction of sp³-hybridized carbons (Fsp3) is 0.333. The minimum atomic E-state index is 0.0933. The van der Waals surface area contributed by atoms with Gasteiger partial charge in [-0.2, -0.15) is 0 Å². The van der Waals surface area contributed by atoms with Crippen LogP contribution in [0.4, 0.5) is 0 Å². The lowest BCUT2D eigenvalue weighted by Gasteiger charge is -2.14. The first-order chi connectivity index (χ1) is 8.77. The number of Topliss-reactive ketones (excluding diaryl/α,β-unsaturated/α-hetero) is 1. The summed E-state index contributed by atoms with van der Waals surface area (Å²) >= 11 is 0. The first kappa shape index (κ1) is 11.4. The quantitative estimate of drug-likeness (QED) is 0.820. The molecule has 1 aromatic carbocycles. The van der Waals surface area contributed by atoms with Crippen LogP contribution in [0.2, 0.25) is 0 Å². The molecule has 3 rings (SSSR count). The zero-order valence-electron chi connectivity index (χ0n) is 10.4. The SMILES string of the molecule is CC1NCCC1C(=O)c1cccc2ncccc12. The third-order valence-corrected chi connectivity index (χ3v) is 3.77. The van der Waals surface area contributed by atoms with Gasteiger partial charge >= 0.3 is 0 Å². The number of aromatic nitrogens is 1. The summed E-state index contributed by atoms with van der Waals surface area (Å²) in [4.78, 5) is 16.9. The van der Waals surface area contributed by atoms with Gasteiger partial charge in [-0.05, 0) is 32.0 Å². The molecule has 1 saturated heterocycles. The number of hydrogen-bond acceptors (Lipinski definition) is 3. The maximum absolute atomic E-state index is 12.6. The van der Waals surface area contributed by atoms with Crippen LogP contribution in [0.1, 0.15) is 23.7 Å². The van der Waals surface area contributed by atoms with Crippen molar-refractivity contribution in [2.45, 2.75) is 19.4 Å². The first-order valence-electron chi connectivity index (χ1n) is 6.39. The standard InChI is InChI=1S/C15H16N2O/c1-10-11(7-9-16-10)15(18)13-4-2-6-14-12(13)5-3-8-17-14/h2-6,8,10-11,16H,7,9H2,1H3. The van der Waals surface area contributed by atoms with Crippen LogP contribution in [0.15, 0.2) is 36.5 Å². The predicted octanol–water partition coefficient (Wildman–Crippen LogP) is 2.42. The van der Waals surface area contributed by atoms with E-state index in [9.17, 15) is 4.79 Å². The van der Waals surface area contributed by atoms with Gasteiger partial charge in [0.1, 0.15) is 0 Å².